The lowest BCUT2D eigenvalue weighted by atomic mass is 10.2. The zero-order valence-corrected chi connectivity index (χ0v) is 17.2. The van der Waals surface area contributed by atoms with E-state index in [2.05, 4.69) is 15.1 Å². The molecule has 0 saturated heterocycles. The standard InChI is InChI=1S/C21H20FN5OS/c1-13(2)27-18(10-14(3)25-27)20(28)26(12-16-6-4-5-9-23-16)21-24-17-8-7-15(22)11-19(17)29-21/h4-11,13H,12H2,1-3H3. The first-order valence-electron chi connectivity index (χ1n) is 9.26. The molecule has 0 aliphatic heterocycles. The van der Waals surface area contributed by atoms with Crippen molar-refractivity contribution in [2.24, 2.45) is 0 Å². The summed E-state index contributed by atoms with van der Waals surface area (Å²) >= 11 is 1.28. The van der Waals surface area contributed by atoms with Crippen molar-refractivity contribution in [3.05, 3.63) is 71.6 Å². The van der Waals surface area contributed by atoms with Crippen LogP contribution in [0.15, 0.2) is 48.7 Å². The number of hydrogen-bond acceptors (Lipinski definition) is 5. The van der Waals surface area contributed by atoms with Gasteiger partial charge in [-0.3, -0.25) is 19.4 Å². The molecular weight excluding hydrogens is 389 g/mol. The van der Waals surface area contributed by atoms with Crippen molar-refractivity contribution in [3.63, 3.8) is 0 Å². The van der Waals surface area contributed by atoms with Gasteiger partial charge in [0.05, 0.1) is 28.1 Å². The van der Waals surface area contributed by atoms with Crippen molar-refractivity contribution in [2.75, 3.05) is 4.90 Å². The molecule has 148 valence electrons. The van der Waals surface area contributed by atoms with E-state index in [4.69, 9.17) is 0 Å². The molecule has 1 aromatic carbocycles. The third-order valence-corrected chi connectivity index (χ3v) is 5.47. The summed E-state index contributed by atoms with van der Waals surface area (Å²) in [5.41, 5.74) is 2.64. The molecule has 4 rings (SSSR count). The smallest absolute Gasteiger partial charge is 0.277 e. The average Bonchev–Trinajstić information content (AvgIpc) is 3.29. The summed E-state index contributed by atoms with van der Waals surface area (Å²) in [4.78, 5) is 24.1. The van der Waals surface area contributed by atoms with E-state index < -0.39 is 0 Å². The highest BCUT2D eigenvalue weighted by Crippen LogP contribution is 2.31. The fourth-order valence-electron chi connectivity index (χ4n) is 3.09. The Kier molecular flexibility index (Phi) is 5.10. The van der Waals surface area contributed by atoms with Crippen LogP contribution in [0.25, 0.3) is 10.2 Å². The normalized spacial score (nSPS) is 11.3. The Morgan fingerprint density at radius 2 is 2.07 bits per heavy atom. The molecule has 0 bridgehead atoms. The van der Waals surface area contributed by atoms with E-state index in [1.807, 2.05) is 39.0 Å². The number of benzene rings is 1. The summed E-state index contributed by atoms with van der Waals surface area (Å²) in [6, 6.07) is 11.8. The highest BCUT2D eigenvalue weighted by atomic mass is 32.1. The molecule has 8 heteroatoms. The molecule has 1 amide bonds. The lowest BCUT2D eigenvalue weighted by Gasteiger charge is -2.21. The van der Waals surface area contributed by atoms with Crippen LogP contribution in [0.1, 0.15) is 41.8 Å². The Bertz CT molecular complexity index is 1170. The van der Waals surface area contributed by atoms with Gasteiger partial charge in [-0.15, -0.1) is 0 Å². The number of carbonyl (C=O) groups excluding carboxylic acids is 1. The number of hydrogen-bond donors (Lipinski definition) is 0. The number of carbonyl (C=O) groups is 1. The molecule has 0 N–H and O–H groups in total. The van der Waals surface area contributed by atoms with Gasteiger partial charge in [-0.1, -0.05) is 17.4 Å². The van der Waals surface area contributed by atoms with Crippen LogP contribution < -0.4 is 4.90 Å². The topological polar surface area (TPSA) is 63.9 Å². The quantitative estimate of drug-likeness (QED) is 0.477. The van der Waals surface area contributed by atoms with Crippen molar-refractivity contribution in [1.82, 2.24) is 19.7 Å². The molecule has 3 aromatic heterocycles. The van der Waals surface area contributed by atoms with Gasteiger partial charge in [-0.25, -0.2) is 9.37 Å². The fourth-order valence-corrected chi connectivity index (χ4v) is 4.08. The van der Waals surface area contributed by atoms with E-state index in [0.717, 1.165) is 11.4 Å². The van der Waals surface area contributed by atoms with Crippen LogP contribution in [-0.2, 0) is 6.54 Å². The van der Waals surface area contributed by atoms with Crippen molar-refractivity contribution in [3.8, 4) is 0 Å². The Morgan fingerprint density at radius 3 is 2.79 bits per heavy atom. The van der Waals surface area contributed by atoms with E-state index in [0.29, 0.717) is 21.0 Å². The van der Waals surface area contributed by atoms with E-state index >= 15 is 0 Å². The van der Waals surface area contributed by atoms with Crippen LogP contribution in [0.5, 0.6) is 0 Å². The predicted molar refractivity (Wildman–Crippen MR) is 112 cm³/mol. The molecule has 0 saturated carbocycles. The van der Waals surface area contributed by atoms with Crippen LogP contribution in [0.2, 0.25) is 0 Å². The first-order chi connectivity index (χ1) is 13.9. The van der Waals surface area contributed by atoms with Crippen molar-refractivity contribution >= 4 is 32.6 Å². The van der Waals surface area contributed by atoms with Crippen molar-refractivity contribution in [2.45, 2.75) is 33.4 Å². The summed E-state index contributed by atoms with van der Waals surface area (Å²) in [5.74, 6) is -0.548. The molecule has 0 atom stereocenters. The summed E-state index contributed by atoms with van der Waals surface area (Å²) in [6.07, 6.45) is 1.69. The van der Waals surface area contributed by atoms with E-state index in [-0.39, 0.29) is 24.3 Å². The van der Waals surface area contributed by atoms with Gasteiger partial charge in [-0.2, -0.15) is 5.10 Å². The third kappa shape index (κ3) is 3.88. The first-order valence-corrected chi connectivity index (χ1v) is 10.1. The van der Waals surface area contributed by atoms with Crippen LogP contribution in [0, 0.1) is 12.7 Å². The monoisotopic (exact) mass is 409 g/mol. The second kappa shape index (κ2) is 7.71. The Morgan fingerprint density at radius 1 is 1.24 bits per heavy atom. The van der Waals surface area contributed by atoms with Crippen LogP contribution in [0.4, 0.5) is 9.52 Å². The van der Waals surface area contributed by atoms with Gasteiger partial charge in [0.15, 0.2) is 5.13 Å². The predicted octanol–water partition coefficient (Wildman–Crippen LogP) is 4.76. The molecule has 4 aromatic rings. The second-order valence-corrected chi connectivity index (χ2v) is 8.04. The number of anilines is 1. The van der Waals surface area contributed by atoms with Gasteiger partial charge in [0.2, 0.25) is 0 Å². The lowest BCUT2D eigenvalue weighted by Crippen LogP contribution is -2.32. The number of aryl methyl sites for hydroxylation is 1. The van der Waals surface area contributed by atoms with E-state index in [1.54, 1.807) is 27.9 Å². The van der Waals surface area contributed by atoms with Gasteiger partial charge in [-0.05, 0) is 57.2 Å². The first kappa shape index (κ1) is 19.2. The van der Waals surface area contributed by atoms with E-state index in [1.165, 1.54) is 23.5 Å². The zero-order valence-electron chi connectivity index (χ0n) is 16.3. The minimum atomic E-state index is -0.330. The van der Waals surface area contributed by atoms with Gasteiger partial charge >= 0.3 is 0 Å². The molecule has 6 nitrogen and oxygen atoms in total. The molecule has 0 aliphatic rings. The van der Waals surface area contributed by atoms with Crippen molar-refractivity contribution < 1.29 is 9.18 Å². The third-order valence-electron chi connectivity index (χ3n) is 4.43. The largest absolute Gasteiger partial charge is 0.278 e. The minimum Gasteiger partial charge on any atom is -0.277 e. The van der Waals surface area contributed by atoms with Gasteiger partial charge in [0.25, 0.3) is 5.91 Å². The fraction of sp³-hybridized carbons (Fsp3) is 0.238. The van der Waals surface area contributed by atoms with Gasteiger partial charge < -0.3 is 0 Å². The summed E-state index contributed by atoms with van der Waals surface area (Å²) in [6.45, 7) is 6.07. The molecule has 0 fully saturated rings. The van der Waals surface area contributed by atoms with Crippen molar-refractivity contribution in [1.29, 1.82) is 0 Å². The SMILES string of the molecule is Cc1cc(C(=O)N(Cc2ccccn2)c2nc3ccc(F)cc3s2)n(C(C)C)n1. The Balaban J connectivity index is 1.80. The molecule has 0 aliphatic carbocycles. The maximum absolute atomic E-state index is 13.6. The van der Waals surface area contributed by atoms with Crippen LogP contribution in [0.3, 0.4) is 0 Å². The van der Waals surface area contributed by atoms with Crippen LogP contribution >= 0.6 is 11.3 Å². The maximum Gasteiger partial charge on any atom is 0.278 e. The highest BCUT2D eigenvalue weighted by Gasteiger charge is 2.26. The number of amides is 1. The highest BCUT2D eigenvalue weighted by molar-refractivity contribution is 7.22. The number of rotatable bonds is 5. The minimum absolute atomic E-state index is 0.0313. The Hall–Kier alpha value is -3.13. The molecule has 0 spiro atoms. The van der Waals surface area contributed by atoms with Gasteiger partial charge in [0, 0.05) is 12.2 Å². The molecular formula is C21H20FN5OS. The summed E-state index contributed by atoms with van der Waals surface area (Å²) in [5, 5.41) is 4.95. The number of thiazole rings is 1. The second-order valence-electron chi connectivity index (χ2n) is 7.03. The molecule has 0 unspecified atom stereocenters. The number of nitrogens with zero attached hydrogens (tertiary/aromatic N) is 5. The number of fused-ring (bicyclic) bond motifs is 1. The van der Waals surface area contributed by atoms with Crippen LogP contribution in [-0.4, -0.2) is 25.7 Å². The van der Waals surface area contributed by atoms with E-state index in [9.17, 15) is 9.18 Å². The number of aromatic nitrogens is 4. The lowest BCUT2D eigenvalue weighted by molar-refractivity contribution is 0.0972. The molecule has 0 radical (unpaired) electrons. The molecule has 29 heavy (non-hydrogen) atoms. The summed E-state index contributed by atoms with van der Waals surface area (Å²) < 4.78 is 16.0. The Labute approximate surface area is 171 Å². The zero-order chi connectivity index (χ0) is 20.5. The number of pyridine rings is 1. The maximum atomic E-state index is 13.6. The summed E-state index contributed by atoms with van der Waals surface area (Å²) in [7, 11) is 0. The average molecular weight is 409 g/mol. The molecule has 3 heterocycles. The number of halogens is 1. The van der Waals surface area contributed by atoms with Gasteiger partial charge in [0.1, 0.15) is 11.5 Å².